The van der Waals surface area contributed by atoms with Crippen molar-refractivity contribution in [3.63, 3.8) is 0 Å². The van der Waals surface area contributed by atoms with E-state index in [0.29, 0.717) is 33.5 Å². The van der Waals surface area contributed by atoms with Gasteiger partial charge in [-0.05, 0) is 42.1 Å². The molecule has 0 fully saturated rings. The molecule has 3 aromatic heterocycles. The quantitative estimate of drug-likeness (QED) is 0.372. The van der Waals surface area contributed by atoms with Crippen molar-refractivity contribution in [1.29, 1.82) is 0 Å². The first-order chi connectivity index (χ1) is 15.8. The molecular weight excluding hydrogens is 458 g/mol. The highest BCUT2D eigenvalue weighted by Gasteiger charge is 2.20. The highest BCUT2D eigenvalue weighted by molar-refractivity contribution is 7.88. The fourth-order valence-electron chi connectivity index (χ4n) is 3.51. The van der Waals surface area contributed by atoms with E-state index in [-0.39, 0.29) is 18.2 Å². The number of carbonyl (C=O) groups is 1. The number of anilines is 1. The molecule has 0 radical (unpaired) electrons. The van der Waals surface area contributed by atoms with Gasteiger partial charge in [-0.25, -0.2) is 18.1 Å². The van der Waals surface area contributed by atoms with Crippen molar-refractivity contribution in [3.8, 4) is 10.6 Å². The number of rotatable bonds is 8. The van der Waals surface area contributed by atoms with Crippen LogP contribution in [0.3, 0.4) is 0 Å². The third-order valence-corrected chi connectivity index (χ3v) is 7.22. The molecule has 0 spiro atoms. The number of nitrogens with zero attached hydrogens (tertiary/aromatic N) is 3. The molecule has 0 saturated heterocycles. The molecule has 3 heterocycles. The van der Waals surface area contributed by atoms with E-state index in [0.717, 1.165) is 10.6 Å². The van der Waals surface area contributed by atoms with Crippen LogP contribution >= 0.6 is 11.3 Å². The molecule has 0 bridgehead atoms. The van der Waals surface area contributed by atoms with Gasteiger partial charge in [0.05, 0.1) is 33.0 Å². The smallest absolute Gasteiger partial charge is 0.256 e. The Hall–Kier alpha value is -3.34. The van der Waals surface area contributed by atoms with Crippen LogP contribution in [0.15, 0.2) is 60.5 Å². The third kappa shape index (κ3) is 5.03. The van der Waals surface area contributed by atoms with Gasteiger partial charge in [-0.3, -0.25) is 9.48 Å². The van der Waals surface area contributed by atoms with Crippen LogP contribution < -0.4 is 10.0 Å². The van der Waals surface area contributed by atoms with Crippen LogP contribution in [0.25, 0.3) is 21.6 Å². The van der Waals surface area contributed by atoms with Crippen LogP contribution in [0.1, 0.15) is 21.6 Å². The number of pyridine rings is 1. The minimum atomic E-state index is -3.45. The van der Waals surface area contributed by atoms with Crippen molar-refractivity contribution in [3.05, 3.63) is 77.3 Å². The molecular formula is C23H23N5O3S2. The number of aromatic nitrogens is 3. The van der Waals surface area contributed by atoms with E-state index in [1.54, 1.807) is 53.4 Å². The number of nitrogens with one attached hydrogen (secondary N) is 2. The van der Waals surface area contributed by atoms with Gasteiger partial charge < -0.3 is 5.32 Å². The molecule has 170 valence electrons. The SMILES string of the molecule is C=CCNS(=O)(=O)Cc1ccc(NC(=O)c2cc(-c3cccs3)nc3c2c(C)nn3C)cc1. The molecule has 1 aromatic carbocycles. The predicted molar refractivity (Wildman–Crippen MR) is 132 cm³/mol. The van der Waals surface area contributed by atoms with E-state index in [1.165, 1.54) is 6.08 Å². The number of amides is 1. The minimum Gasteiger partial charge on any atom is -0.322 e. The lowest BCUT2D eigenvalue weighted by atomic mass is 10.1. The predicted octanol–water partition coefficient (Wildman–Crippen LogP) is 3.86. The average molecular weight is 482 g/mol. The van der Waals surface area contributed by atoms with Crippen LogP contribution in [0.5, 0.6) is 0 Å². The summed E-state index contributed by atoms with van der Waals surface area (Å²) in [7, 11) is -1.65. The molecule has 0 saturated carbocycles. The van der Waals surface area contributed by atoms with E-state index in [4.69, 9.17) is 4.98 Å². The fourth-order valence-corrected chi connectivity index (χ4v) is 5.30. The first kappa shape index (κ1) is 22.8. The van der Waals surface area contributed by atoms with Gasteiger partial charge in [0, 0.05) is 19.3 Å². The second-order valence-electron chi connectivity index (χ2n) is 7.49. The number of fused-ring (bicyclic) bond motifs is 1. The van der Waals surface area contributed by atoms with Gasteiger partial charge in [0.25, 0.3) is 5.91 Å². The molecule has 1 amide bonds. The number of thiophene rings is 1. The number of sulfonamides is 1. The first-order valence-corrected chi connectivity index (χ1v) is 12.7. The number of carbonyl (C=O) groups excluding carboxylic acids is 1. The van der Waals surface area contributed by atoms with Gasteiger partial charge in [-0.2, -0.15) is 5.10 Å². The summed E-state index contributed by atoms with van der Waals surface area (Å²) in [5.74, 6) is -0.441. The van der Waals surface area contributed by atoms with Crippen LogP contribution in [-0.4, -0.2) is 35.6 Å². The molecule has 0 unspecified atom stereocenters. The summed E-state index contributed by atoms with van der Waals surface area (Å²) in [5, 5.41) is 10.0. The molecule has 4 rings (SSSR count). The number of aryl methyl sites for hydroxylation is 2. The largest absolute Gasteiger partial charge is 0.322 e. The van der Waals surface area contributed by atoms with E-state index in [1.807, 2.05) is 24.4 Å². The highest BCUT2D eigenvalue weighted by Crippen LogP contribution is 2.29. The Morgan fingerprint density at radius 3 is 2.67 bits per heavy atom. The van der Waals surface area contributed by atoms with Gasteiger partial charge in [0.1, 0.15) is 0 Å². The number of hydrogen-bond donors (Lipinski definition) is 2. The monoisotopic (exact) mass is 481 g/mol. The molecule has 10 heteroatoms. The van der Waals surface area contributed by atoms with Crippen molar-refractivity contribution in [2.24, 2.45) is 7.05 Å². The van der Waals surface area contributed by atoms with Crippen molar-refractivity contribution in [2.75, 3.05) is 11.9 Å². The van der Waals surface area contributed by atoms with Crippen molar-refractivity contribution >= 4 is 44.0 Å². The summed E-state index contributed by atoms with van der Waals surface area (Å²) in [4.78, 5) is 18.9. The van der Waals surface area contributed by atoms with Gasteiger partial charge in [0.2, 0.25) is 10.0 Å². The Kier molecular flexibility index (Phi) is 6.41. The maximum absolute atomic E-state index is 13.3. The zero-order chi connectivity index (χ0) is 23.6. The van der Waals surface area contributed by atoms with Crippen molar-refractivity contribution in [1.82, 2.24) is 19.5 Å². The Labute approximate surface area is 196 Å². The van der Waals surface area contributed by atoms with Gasteiger partial charge in [0.15, 0.2) is 5.65 Å². The van der Waals surface area contributed by atoms with Gasteiger partial charge in [-0.15, -0.1) is 17.9 Å². The topological polar surface area (TPSA) is 106 Å². The Balaban J connectivity index is 1.61. The van der Waals surface area contributed by atoms with Crippen LogP contribution in [0, 0.1) is 6.92 Å². The summed E-state index contributed by atoms with van der Waals surface area (Å²) in [6.07, 6.45) is 1.49. The molecule has 8 nitrogen and oxygen atoms in total. The Bertz CT molecular complexity index is 1420. The van der Waals surface area contributed by atoms with E-state index in [2.05, 4.69) is 21.7 Å². The lowest BCUT2D eigenvalue weighted by Crippen LogP contribution is -2.25. The summed E-state index contributed by atoms with van der Waals surface area (Å²) in [5.41, 5.74) is 3.71. The molecule has 0 aliphatic carbocycles. The summed E-state index contributed by atoms with van der Waals surface area (Å²) >= 11 is 1.55. The average Bonchev–Trinajstić information content (AvgIpc) is 3.41. The van der Waals surface area contributed by atoms with E-state index >= 15 is 0 Å². The second kappa shape index (κ2) is 9.26. The van der Waals surface area contributed by atoms with Crippen molar-refractivity contribution in [2.45, 2.75) is 12.7 Å². The fraction of sp³-hybridized carbons (Fsp3) is 0.174. The minimum absolute atomic E-state index is 0.154. The summed E-state index contributed by atoms with van der Waals surface area (Å²) in [6.45, 7) is 5.53. The normalized spacial score (nSPS) is 11.6. The second-order valence-corrected chi connectivity index (χ2v) is 10.2. The lowest BCUT2D eigenvalue weighted by Gasteiger charge is -2.10. The molecule has 33 heavy (non-hydrogen) atoms. The maximum atomic E-state index is 13.3. The molecule has 0 atom stereocenters. The lowest BCUT2D eigenvalue weighted by molar-refractivity contribution is 0.102. The van der Waals surface area contributed by atoms with Crippen LogP contribution in [-0.2, 0) is 22.8 Å². The summed E-state index contributed by atoms with van der Waals surface area (Å²) < 4.78 is 28.2. The van der Waals surface area contributed by atoms with E-state index in [9.17, 15) is 13.2 Å². The standard InChI is InChI=1S/C23H23N5O3S2/c1-4-11-24-33(30,31)14-16-7-9-17(10-8-16)25-23(29)18-13-19(20-6-5-12-32-20)26-22-21(18)15(2)27-28(22)3/h4-10,12-13,24H,1,11,14H2,2-3H3,(H,25,29). The Morgan fingerprint density at radius 2 is 2.00 bits per heavy atom. The number of benzene rings is 1. The maximum Gasteiger partial charge on any atom is 0.256 e. The highest BCUT2D eigenvalue weighted by atomic mass is 32.2. The van der Waals surface area contributed by atoms with Gasteiger partial charge >= 0.3 is 0 Å². The third-order valence-electron chi connectivity index (χ3n) is 5.00. The number of hydrogen-bond acceptors (Lipinski definition) is 6. The molecule has 2 N–H and O–H groups in total. The molecule has 0 aliphatic rings. The van der Waals surface area contributed by atoms with Crippen molar-refractivity contribution < 1.29 is 13.2 Å². The van der Waals surface area contributed by atoms with Crippen LogP contribution in [0.4, 0.5) is 5.69 Å². The molecule has 4 aromatic rings. The first-order valence-electron chi connectivity index (χ1n) is 10.1. The Morgan fingerprint density at radius 1 is 1.24 bits per heavy atom. The van der Waals surface area contributed by atoms with Gasteiger partial charge in [-0.1, -0.05) is 24.3 Å². The zero-order valence-corrected chi connectivity index (χ0v) is 19.8. The summed E-state index contributed by atoms with van der Waals surface area (Å²) in [6, 6.07) is 12.4. The van der Waals surface area contributed by atoms with E-state index < -0.39 is 10.0 Å². The van der Waals surface area contributed by atoms with Crippen LogP contribution in [0.2, 0.25) is 0 Å². The molecule has 0 aliphatic heterocycles. The zero-order valence-electron chi connectivity index (χ0n) is 18.2.